The van der Waals surface area contributed by atoms with E-state index in [9.17, 15) is 73.1 Å². The Morgan fingerprint density at radius 2 is 1.22 bits per heavy atom. The van der Waals surface area contributed by atoms with Crippen LogP contribution in [0.2, 0.25) is 0 Å². The second kappa shape index (κ2) is 25.5. The molecule has 1 amide bonds. The van der Waals surface area contributed by atoms with E-state index in [1.807, 2.05) is 18.2 Å². The number of esters is 1. The number of benzene rings is 6. The zero-order valence-electron chi connectivity index (χ0n) is 41.9. The normalized spacial score (nSPS) is 13.7. The van der Waals surface area contributed by atoms with Crippen molar-refractivity contribution in [1.82, 2.24) is 14.9 Å². The number of H-pyrrole nitrogens is 2. The van der Waals surface area contributed by atoms with Gasteiger partial charge < -0.3 is 33.7 Å². The van der Waals surface area contributed by atoms with E-state index >= 15 is 4.39 Å². The summed E-state index contributed by atoms with van der Waals surface area (Å²) in [6.07, 6.45) is -9.27. The third-order valence-electron chi connectivity index (χ3n) is 11.4. The Labute approximate surface area is 453 Å². The van der Waals surface area contributed by atoms with Crippen LogP contribution < -0.4 is 26.7 Å². The van der Waals surface area contributed by atoms with Crippen molar-refractivity contribution in [3.8, 4) is 23.0 Å². The number of nitrogens with one attached hydrogen (secondary N) is 2. The van der Waals surface area contributed by atoms with E-state index in [0.717, 1.165) is 24.3 Å². The van der Waals surface area contributed by atoms with Crippen molar-refractivity contribution in [2.75, 3.05) is 26.2 Å². The average molecular weight is 1150 g/mol. The van der Waals surface area contributed by atoms with E-state index < -0.39 is 96.1 Å². The number of hydrogen-bond acceptors (Lipinski definition) is 14. The first kappa shape index (κ1) is 59.7. The summed E-state index contributed by atoms with van der Waals surface area (Å²) in [5, 5.41) is 0. The minimum atomic E-state index is -4.80. The van der Waals surface area contributed by atoms with Crippen molar-refractivity contribution < 1.29 is 90.9 Å². The van der Waals surface area contributed by atoms with Crippen molar-refractivity contribution in [2.45, 2.75) is 31.7 Å². The van der Waals surface area contributed by atoms with Crippen molar-refractivity contribution in [1.29, 1.82) is 0 Å². The maximum absolute atomic E-state index is 15.3. The molecule has 0 radical (unpaired) electrons. The Balaban J connectivity index is 0.000000188. The number of aromatic nitrogens is 2. The average Bonchev–Trinajstić information content (AvgIpc) is 2.16. The van der Waals surface area contributed by atoms with E-state index in [2.05, 4.69) is 25.4 Å². The molecule has 17 nitrogen and oxygen atoms in total. The molecule has 0 bridgehead atoms. The number of aliphatic imine (C=N–C) groups is 1. The third-order valence-corrected chi connectivity index (χ3v) is 11.4. The number of para-hydroxylation sites is 2. The predicted octanol–water partition coefficient (Wildman–Crippen LogP) is 10.3. The van der Waals surface area contributed by atoms with Gasteiger partial charge in [-0.05, 0) is 91.9 Å². The van der Waals surface area contributed by atoms with Gasteiger partial charge in [0, 0.05) is 22.3 Å². The number of oxazole rings is 2. The maximum atomic E-state index is 15.3. The number of carbonyl (C=O) groups excluding carboxylic acids is 5. The Bertz CT molecular complexity index is 3890. The molecule has 82 heavy (non-hydrogen) atoms. The largest absolute Gasteiger partial charge is 0.460 e. The quantitative estimate of drug-likeness (QED) is 0.0243. The number of fused-ring (bicyclic) bond motifs is 2. The standard InChI is InChI=1S/C27H16F5N3O4.C13H10FNO6.C13H9FO2.C2H4F3N/c28-18-8-6-14(38-13-4-2-1-3-5-13)10-16(18)23-20-17(25(36)35(23)12-27(30,31)32)11-33-21(20)15-7-9-19(29)22-24(15)39-26(37)34-22;1-2-20-12(18)9(17)5-8(16)6-3-4-7(14)10-11(6)21-13(19)15-10;14-13-7-6-12(8-10(13)9-15)16-11-4-2-1-3-5-11;3-2(4,5)1-6/h1-10,23H,11-12H2,(H,34,37);3-4H,2,5H2,1H3,(H,15,19);1-9H;1,6H2. The molecule has 4 heterocycles. The number of Topliss-reactive ketones (excluding diaryl/α,β-unsaturated/α-hetero) is 2. The summed E-state index contributed by atoms with van der Waals surface area (Å²) in [4.78, 5) is 90.4. The molecule has 1 unspecified atom stereocenters. The molecule has 0 saturated heterocycles. The topological polar surface area (TPSA) is 247 Å². The lowest BCUT2D eigenvalue weighted by atomic mass is 9.91. The van der Waals surface area contributed by atoms with E-state index in [0.29, 0.717) is 28.4 Å². The number of aromatic amines is 2. The Morgan fingerprint density at radius 3 is 1.77 bits per heavy atom. The molecule has 27 heteroatoms. The molecule has 8 aromatic rings. The highest BCUT2D eigenvalue weighted by molar-refractivity contribution is 6.38. The van der Waals surface area contributed by atoms with E-state index in [4.69, 9.17) is 18.3 Å². The number of alkyl halides is 6. The lowest BCUT2D eigenvalue weighted by Gasteiger charge is -2.29. The van der Waals surface area contributed by atoms with Gasteiger partial charge in [0.25, 0.3) is 5.91 Å². The molecule has 2 aliphatic rings. The third kappa shape index (κ3) is 14.5. The fourth-order valence-corrected chi connectivity index (χ4v) is 7.96. The summed E-state index contributed by atoms with van der Waals surface area (Å²) in [6, 6.07) is 28.0. The molecule has 2 aromatic heterocycles. The summed E-state index contributed by atoms with van der Waals surface area (Å²) in [7, 11) is 0. The van der Waals surface area contributed by atoms with Crippen LogP contribution in [0.4, 0.5) is 43.9 Å². The molecule has 2 aliphatic heterocycles. The highest BCUT2D eigenvalue weighted by Crippen LogP contribution is 2.46. The predicted molar refractivity (Wildman–Crippen MR) is 269 cm³/mol. The van der Waals surface area contributed by atoms with E-state index in [1.54, 1.807) is 42.5 Å². The van der Waals surface area contributed by atoms with Crippen LogP contribution in [0, 0.1) is 23.3 Å². The van der Waals surface area contributed by atoms with Crippen LogP contribution in [-0.4, -0.2) is 88.9 Å². The van der Waals surface area contributed by atoms with Gasteiger partial charge >= 0.3 is 29.8 Å². The Hall–Kier alpha value is -9.92. The first-order valence-electron chi connectivity index (χ1n) is 23.7. The van der Waals surface area contributed by atoms with Crippen LogP contribution >= 0.6 is 0 Å². The summed E-state index contributed by atoms with van der Waals surface area (Å²) in [6.45, 7) is -1.65. The summed E-state index contributed by atoms with van der Waals surface area (Å²) >= 11 is 0. The number of ketones is 2. The Kier molecular flexibility index (Phi) is 18.6. The van der Waals surface area contributed by atoms with Crippen molar-refractivity contribution >= 4 is 57.6 Å². The number of nitrogens with zero attached hydrogens (tertiary/aromatic N) is 2. The fourth-order valence-electron chi connectivity index (χ4n) is 7.96. The number of amides is 1. The number of halogens is 10. The molecule has 0 spiro atoms. The number of carbonyl (C=O) groups is 5. The van der Waals surface area contributed by atoms with Gasteiger partial charge in [-0.2, -0.15) is 26.3 Å². The fraction of sp³-hybridized carbons (Fsp3) is 0.164. The van der Waals surface area contributed by atoms with E-state index in [1.165, 1.54) is 43.3 Å². The van der Waals surface area contributed by atoms with Crippen molar-refractivity contribution in [3.05, 3.63) is 199 Å². The summed E-state index contributed by atoms with van der Waals surface area (Å²) < 4.78 is 154. The smallest absolute Gasteiger partial charge is 0.417 e. The van der Waals surface area contributed by atoms with Gasteiger partial charge in [0.15, 0.2) is 34.9 Å². The second-order valence-corrected chi connectivity index (χ2v) is 17.0. The molecule has 4 N–H and O–H groups in total. The maximum Gasteiger partial charge on any atom is 0.417 e. The number of ether oxygens (including phenoxy) is 3. The Morgan fingerprint density at radius 1 is 0.695 bits per heavy atom. The van der Waals surface area contributed by atoms with Gasteiger partial charge in [0.05, 0.1) is 49.0 Å². The minimum Gasteiger partial charge on any atom is -0.460 e. The van der Waals surface area contributed by atoms with Gasteiger partial charge in [0.2, 0.25) is 5.78 Å². The van der Waals surface area contributed by atoms with Gasteiger partial charge in [0.1, 0.15) is 52.2 Å². The molecule has 10 rings (SSSR count). The zero-order valence-corrected chi connectivity index (χ0v) is 41.9. The molecule has 0 aliphatic carbocycles. The molecule has 426 valence electrons. The van der Waals surface area contributed by atoms with Crippen LogP contribution in [0.5, 0.6) is 23.0 Å². The first-order valence-corrected chi connectivity index (χ1v) is 23.7. The van der Waals surface area contributed by atoms with Crippen LogP contribution in [-0.2, 0) is 19.1 Å². The number of hydrogen-bond donors (Lipinski definition) is 3. The molecule has 0 saturated carbocycles. The van der Waals surface area contributed by atoms with Crippen molar-refractivity contribution in [3.63, 3.8) is 0 Å². The first-order chi connectivity index (χ1) is 38.9. The van der Waals surface area contributed by atoms with Crippen LogP contribution in [0.15, 0.2) is 156 Å². The lowest BCUT2D eigenvalue weighted by molar-refractivity contribution is -0.160. The highest BCUT2D eigenvalue weighted by atomic mass is 19.4. The van der Waals surface area contributed by atoms with E-state index in [-0.39, 0.29) is 80.2 Å². The molecular weight excluding hydrogens is 1110 g/mol. The SMILES string of the molecule is CCOC(=O)C(=O)CC(=O)c1ccc(F)c2[nH]c(=O)oc12.NCC(F)(F)F.O=C1C2=C(C(c3ccc(F)c4[nH]c(=O)oc34)=NC2)C(c2cc(Oc3ccccc3)ccc2F)N1CC(F)(F)F.O=Cc1cc(Oc2ccccc2)ccc1F. The minimum absolute atomic E-state index is 0.00504. The van der Waals surface area contributed by atoms with Crippen LogP contribution in [0.1, 0.15) is 51.2 Å². The monoisotopic (exact) mass is 1150 g/mol. The highest BCUT2D eigenvalue weighted by Gasteiger charge is 2.49. The lowest BCUT2D eigenvalue weighted by Crippen LogP contribution is -2.39. The second-order valence-electron chi connectivity index (χ2n) is 17.0. The van der Waals surface area contributed by atoms with Gasteiger partial charge in [-0.1, -0.05) is 36.4 Å². The van der Waals surface area contributed by atoms with Crippen molar-refractivity contribution in [2.24, 2.45) is 10.7 Å². The van der Waals surface area contributed by atoms with Gasteiger partial charge in [-0.3, -0.25) is 34.1 Å². The van der Waals surface area contributed by atoms with Gasteiger partial charge in [-0.15, -0.1) is 0 Å². The number of rotatable bonds is 13. The molecule has 0 fully saturated rings. The summed E-state index contributed by atoms with van der Waals surface area (Å²) in [5.74, 6) is -7.17. The molecular formula is C55H39F10N5O12. The summed E-state index contributed by atoms with van der Waals surface area (Å²) in [5.41, 5.74) is 2.70. The van der Waals surface area contributed by atoms with Gasteiger partial charge in [-0.25, -0.2) is 31.9 Å². The zero-order chi connectivity index (χ0) is 59.6. The molecule has 1 atom stereocenters. The number of nitrogens with two attached hydrogens (primary N) is 1. The van der Waals surface area contributed by atoms with Crippen LogP contribution in [0.25, 0.3) is 22.2 Å². The van der Waals surface area contributed by atoms with Crippen LogP contribution in [0.3, 0.4) is 0 Å². The molecule has 6 aromatic carbocycles. The number of aldehydes is 1.